The number of halogens is 2. The van der Waals surface area contributed by atoms with Crippen LogP contribution in [-0.2, 0) is 6.54 Å². The lowest BCUT2D eigenvalue weighted by atomic mass is 10.1. The van der Waals surface area contributed by atoms with Crippen LogP contribution in [-0.4, -0.2) is 49.1 Å². The lowest BCUT2D eigenvalue weighted by Gasteiger charge is -2.35. The number of carbonyl (C=O) groups excluding carboxylic acids is 1. The lowest BCUT2D eigenvalue weighted by Crippen LogP contribution is -2.49. The summed E-state index contributed by atoms with van der Waals surface area (Å²) in [5.74, 6) is 0.481. The second-order valence-electron chi connectivity index (χ2n) is 6.61. The minimum atomic E-state index is -0.326. The Morgan fingerprint density at radius 1 is 1.19 bits per heavy atom. The van der Waals surface area contributed by atoms with Crippen LogP contribution in [0.25, 0.3) is 0 Å². The highest BCUT2D eigenvalue weighted by molar-refractivity contribution is 6.30. The first-order valence-corrected chi connectivity index (χ1v) is 9.21. The summed E-state index contributed by atoms with van der Waals surface area (Å²) in [5, 5.41) is 3.44. The number of anilines is 1. The molecule has 0 saturated carbocycles. The molecule has 1 aliphatic rings. The van der Waals surface area contributed by atoms with Crippen LogP contribution in [0.2, 0.25) is 5.02 Å². The molecule has 1 heterocycles. The van der Waals surface area contributed by atoms with Crippen molar-refractivity contribution in [1.82, 2.24) is 9.80 Å². The number of nitrogens with zero attached hydrogens (tertiary/aromatic N) is 2. The van der Waals surface area contributed by atoms with Crippen LogP contribution in [0.4, 0.5) is 14.9 Å². The normalized spacial score (nSPS) is 14.9. The Bertz CT molecular complexity index is 823. The molecule has 1 saturated heterocycles. The fraction of sp³-hybridized carbons (Fsp3) is 0.350. The van der Waals surface area contributed by atoms with Crippen molar-refractivity contribution in [2.24, 2.45) is 0 Å². The lowest BCUT2D eigenvalue weighted by molar-refractivity contribution is 0.142. The highest BCUT2D eigenvalue weighted by atomic mass is 35.5. The van der Waals surface area contributed by atoms with E-state index in [9.17, 15) is 9.18 Å². The smallest absolute Gasteiger partial charge is 0.321 e. The SMILES string of the molecule is COc1ccc(Cl)cc1CN1CCN(C(=O)Nc2ccc(C)c(F)c2)CC1. The van der Waals surface area contributed by atoms with Gasteiger partial charge in [-0.2, -0.15) is 0 Å². The first-order valence-electron chi connectivity index (χ1n) is 8.83. The maximum atomic E-state index is 13.6. The topological polar surface area (TPSA) is 44.8 Å². The largest absolute Gasteiger partial charge is 0.496 e. The van der Waals surface area contributed by atoms with Crippen LogP contribution < -0.4 is 10.1 Å². The van der Waals surface area contributed by atoms with Crippen LogP contribution >= 0.6 is 11.6 Å². The average molecular weight is 392 g/mol. The standard InChI is InChI=1S/C20H23ClFN3O2/c1-14-3-5-17(12-18(14)22)23-20(26)25-9-7-24(8-10-25)13-15-11-16(21)4-6-19(15)27-2/h3-6,11-12H,7-10,13H2,1-2H3,(H,23,26). The number of benzene rings is 2. The third kappa shape index (κ3) is 4.90. The number of rotatable bonds is 4. The molecule has 27 heavy (non-hydrogen) atoms. The Kier molecular flexibility index (Phi) is 6.19. The summed E-state index contributed by atoms with van der Waals surface area (Å²) in [7, 11) is 1.64. The van der Waals surface area contributed by atoms with Crippen LogP contribution in [0.15, 0.2) is 36.4 Å². The van der Waals surface area contributed by atoms with E-state index in [1.807, 2.05) is 12.1 Å². The molecule has 0 radical (unpaired) electrons. The summed E-state index contributed by atoms with van der Waals surface area (Å²) in [5.41, 5.74) is 2.05. The van der Waals surface area contributed by atoms with Gasteiger partial charge in [0.05, 0.1) is 7.11 Å². The number of carbonyl (C=O) groups is 1. The first kappa shape index (κ1) is 19.5. The highest BCUT2D eigenvalue weighted by Gasteiger charge is 2.22. The minimum absolute atomic E-state index is 0.210. The molecule has 3 rings (SSSR count). The highest BCUT2D eigenvalue weighted by Crippen LogP contribution is 2.24. The molecule has 7 heteroatoms. The van der Waals surface area contributed by atoms with E-state index in [4.69, 9.17) is 16.3 Å². The molecule has 0 aliphatic carbocycles. The minimum Gasteiger partial charge on any atom is -0.496 e. The zero-order chi connectivity index (χ0) is 19.4. The summed E-state index contributed by atoms with van der Waals surface area (Å²) in [4.78, 5) is 16.4. The monoisotopic (exact) mass is 391 g/mol. The van der Waals surface area contributed by atoms with Gasteiger partial charge in [-0.25, -0.2) is 9.18 Å². The Balaban J connectivity index is 1.54. The zero-order valence-electron chi connectivity index (χ0n) is 15.5. The second kappa shape index (κ2) is 8.59. The molecule has 2 aromatic rings. The van der Waals surface area contributed by atoms with Gasteiger partial charge in [-0.3, -0.25) is 4.90 Å². The molecule has 5 nitrogen and oxygen atoms in total. The first-order chi connectivity index (χ1) is 13.0. The predicted molar refractivity (Wildman–Crippen MR) is 105 cm³/mol. The molecule has 1 aliphatic heterocycles. The van der Waals surface area contributed by atoms with Crippen molar-refractivity contribution in [2.45, 2.75) is 13.5 Å². The third-order valence-electron chi connectivity index (χ3n) is 4.72. The molecule has 0 atom stereocenters. The van der Waals surface area contributed by atoms with Crippen molar-refractivity contribution >= 4 is 23.3 Å². The number of hydrogen-bond acceptors (Lipinski definition) is 3. The van der Waals surface area contributed by atoms with Crippen LogP contribution in [0.3, 0.4) is 0 Å². The number of nitrogens with one attached hydrogen (secondary N) is 1. The van der Waals surface area contributed by atoms with E-state index < -0.39 is 0 Å². The number of methoxy groups -OCH3 is 1. The summed E-state index contributed by atoms with van der Waals surface area (Å²) in [6.45, 7) is 5.08. The van der Waals surface area contributed by atoms with E-state index in [1.54, 1.807) is 37.1 Å². The molecule has 0 spiro atoms. The van der Waals surface area contributed by atoms with E-state index in [2.05, 4.69) is 10.2 Å². The van der Waals surface area contributed by atoms with Crippen molar-refractivity contribution in [3.05, 3.63) is 58.4 Å². The number of amides is 2. The van der Waals surface area contributed by atoms with E-state index in [-0.39, 0.29) is 11.8 Å². The number of hydrogen-bond donors (Lipinski definition) is 1. The predicted octanol–water partition coefficient (Wildman–Crippen LogP) is 4.15. The van der Waals surface area contributed by atoms with Crippen molar-refractivity contribution < 1.29 is 13.9 Å². The fourth-order valence-corrected chi connectivity index (χ4v) is 3.29. The fourth-order valence-electron chi connectivity index (χ4n) is 3.09. The maximum absolute atomic E-state index is 13.6. The summed E-state index contributed by atoms with van der Waals surface area (Å²) in [6, 6.07) is 10.1. The van der Waals surface area contributed by atoms with Gasteiger partial charge in [-0.05, 0) is 42.8 Å². The number of urea groups is 1. The van der Waals surface area contributed by atoms with Gasteiger partial charge in [0, 0.05) is 49.0 Å². The van der Waals surface area contributed by atoms with Gasteiger partial charge in [-0.1, -0.05) is 17.7 Å². The van der Waals surface area contributed by atoms with E-state index in [1.165, 1.54) is 6.07 Å². The molecular formula is C20H23ClFN3O2. The summed E-state index contributed by atoms with van der Waals surface area (Å²) >= 11 is 6.09. The molecule has 2 aromatic carbocycles. The third-order valence-corrected chi connectivity index (χ3v) is 4.95. The van der Waals surface area contributed by atoms with Gasteiger partial charge in [0.1, 0.15) is 11.6 Å². The van der Waals surface area contributed by atoms with Crippen molar-refractivity contribution in [3.63, 3.8) is 0 Å². The molecule has 0 unspecified atom stereocenters. The molecule has 0 aromatic heterocycles. The van der Waals surface area contributed by atoms with Gasteiger partial charge in [0.2, 0.25) is 0 Å². The molecule has 1 fully saturated rings. The molecule has 1 N–H and O–H groups in total. The van der Waals surface area contributed by atoms with Gasteiger partial charge >= 0.3 is 6.03 Å². The van der Waals surface area contributed by atoms with Crippen molar-refractivity contribution in [2.75, 3.05) is 38.6 Å². The van der Waals surface area contributed by atoms with Gasteiger partial charge in [-0.15, -0.1) is 0 Å². The van der Waals surface area contributed by atoms with Gasteiger partial charge in [0.15, 0.2) is 0 Å². The Morgan fingerprint density at radius 3 is 2.59 bits per heavy atom. The number of ether oxygens (including phenoxy) is 1. The van der Waals surface area contributed by atoms with Crippen molar-refractivity contribution in [1.29, 1.82) is 0 Å². The Morgan fingerprint density at radius 2 is 1.93 bits per heavy atom. The van der Waals surface area contributed by atoms with Gasteiger partial charge in [0.25, 0.3) is 0 Å². The average Bonchev–Trinajstić information content (AvgIpc) is 2.65. The van der Waals surface area contributed by atoms with Gasteiger partial charge < -0.3 is 15.0 Å². The Hall–Kier alpha value is -2.31. The zero-order valence-corrected chi connectivity index (χ0v) is 16.2. The number of piperazine rings is 1. The van der Waals surface area contributed by atoms with E-state index >= 15 is 0 Å². The quantitative estimate of drug-likeness (QED) is 0.851. The van der Waals surface area contributed by atoms with E-state index in [0.29, 0.717) is 35.9 Å². The van der Waals surface area contributed by atoms with Crippen LogP contribution in [0, 0.1) is 12.7 Å². The summed E-state index contributed by atoms with van der Waals surface area (Å²) in [6.07, 6.45) is 0. The van der Waals surface area contributed by atoms with Crippen molar-refractivity contribution in [3.8, 4) is 5.75 Å². The molecular weight excluding hydrogens is 369 g/mol. The molecule has 2 amide bonds. The second-order valence-corrected chi connectivity index (χ2v) is 7.05. The molecule has 144 valence electrons. The molecule has 0 bridgehead atoms. The summed E-state index contributed by atoms with van der Waals surface area (Å²) < 4.78 is 19.0. The van der Waals surface area contributed by atoms with Crippen LogP contribution in [0.5, 0.6) is 5.75 Å². The number of aryl methyl sites for hydroxylation is 1. The maximum Gasteiger partial charge on any atom is 0.321 e. The van der Waals surface area contributed by atoms with Crippen LogP contribution in [0.1, 0.15) is 11.1 Å². The van der Waals surface area contributed by atoms with E-state index in [0.717, 1.165) is 24.4 Å². The Labute approximate surface area is 163 Å².